The van der Waals surface area contributed by atoms with Gasteiger partial charge in [0, 0.05) is 6.54 Å². The van der Waals surface area contributed by atoms with Crippen LogP contribution in [0, 0.1) is 0 Å². The molecule has 0 amide bonds. The Labute approximate surface area is 147 Å². The lowest BCUT2D eigenvalue weighted by Gasteiger charge is -2.13. The first-order chi connectivity index (χ1) is 10.9. The molecular weight excluding hydrogens is 353 g/mol. The second-order valence-electron chi connectivity index (χ2n) is 5.50. The fourth-order valence-corrected chi connectivity index (χ4v) is 3.75. The Kier molecular flexibility index (Phi) is 6.48. The molecule has 1 atom stereocenters. The Balaban J connectivity index is 1.87. The van der Waals surface area contributed by atoms with Gasteiger partial charge in [0.05, 0.1) is 15.8 Å². The van der Waals surface area contributed by atoms with Crippen molar-refractivity contribution in [3.8, 4) is 0 Å². The molecule has 6 heteroatoms. The molecule has 0 aliphatic rings. The van der Waals surface area contributed by atoms with Crippen LogP contribution in [0.4, 0.5) is 0 Å². The summed E-state index contributed by atoms with van der Waals surface area (Å²) in [5.41, 5.74) is 1.82. The first-order valence-corrected chi connectivity index (χ1v) is 9.74. The Bertz CT molecular complexity index is 748. The van der Waals surface area contributed by atoms with Gasteiger partial charge < -0.3 is 0 Å². The number of sulfonamides is 1. The number of nitrogens with one attached hydrogen (secondary N) is 1. The zero-order valence-electron chi connectivity index (χ0n) is 12.8. The summed E-state index contributed by atoms with van der Waals surface area (Å²) in [5, 5.41) is 0.773. The van der Waals surface area contributed by atoms with Gasteiger partial charge in [-0.25, -0.2) is 13.1 Å². The van der Waals surface area contributed by atoms with Gasteiger partial charge in [0.2, 0.25) is 10.0 Å². The Hall–Kier alpha value is -1.07. The minimum Gasteiger partial charge on any atom is -0.215 e. The van der Waals surface area contributed by atoms with Crippen LogP contribution >= 0.6 is 23.2 Å². The van der Waals surface area contributed by atoms with E-state index in [4.69, 9.17) is 23.2 Å². The molecule has 2 aromatic rings. The zero-order chi connectivity index (χ0) is 16.9. The van der Waals surface area contributed by atoms with Crippen molar-refractivity contribution in [3.05, 3.63) is 69.7 Å². The summed E-state index contributed by atoms with van der Waals surface area (Å²) in [7, 11) is -3.39. The van der Waals surface area contributed by atoms with Crippen molar-refractivity contribution in [1.29, 1.82) is 0 Å². The molecule has 0 spiro atoms. The van der Waals surface area contributed by atoms with Gasteiger partial charge in [0.15, 0.2) is 0 Å². The van der Waals surface area contributed by atoms with Crippen LogP contribution < -0.4 is 4.72 Å². The molecule has 3 nitrogen and oxygen atoms in total. The van der Waals surface area contributed by atoms with Crippen LogP contribution in [-0.2, 0) is 15.8 Å². The third kappa shape index (κ3) is 5.81. The van der Waals surface area contributed by atoms with Crippen LogP contribution in [0.1, 0.15) is 30.4 Å². The van der Waals surface area contributed by atoms with Crippen LogP contribution in [0.15, 0.2) is 48.5 Å². The molecule has 1 N–H and O–H groups in total. The van der Waals surface area contributed by atoms with E-state index < -0.39 is 10.0 Å². The van der Waals surface area contributed by atoms with Gasteiger partial charge >= 0.3 is 0 Å². The van der Waals surface area contributed by atoms with E-state index in [0.717, 1.165) is 6.42 Å². The van der Waals surface area contributed by atoms with Crippen molar-refractivity contribution in [2.75, 3.05) is 6.54 Å². The van der Waals surface area contributed by atoms with Crippen LogP contribution in [0.5, 0.6) is 0 Å². The van der Waals surface area contributed by atoms with Crippen molar-refractivity contribution >= 4 is 33.2 Å². The second-order valence-corrected chi connectivity index (χ2v) is 8.12. The highest BCUT2D eigenvalue weighted by Gasteiger charge is 2.13. The molecule has 2 aromatic carbocycles. The summed E-state index contributed by atoms with van der Waals surface area (Å²) in [6.45, 7) is 2.49. The summed E-state index contributed by atoms with van der Waals surface area (Å²) in [4.78, 5) is 0. The number of hydrogen-bond acceptors (Lipinski definition) is 2. The molecule has 0 saturated heterocycles. The standard InChI is InChI=1S/C17H19Cl2NO2S/c1-13(15-5-3-2-4-6-15)9-10-20-23(21,22)12-14-7-8-16(18)17(19)11-14/h2-8,11,13,20H,9-10,12H2,1H3. The Morgan fingerprint density at radius 2 is 1.74 bits per heavy atom. The Morgan fingerprint density at radius 3 is 2.39 bits per heavy atom. The molecule has 0 radical (unpaired) electrons. The zero-order valence-corrected chi connectivity index (χ0v) is 15.1. The van der Waals surface area contributed by atoms with Crippen molar-refractivity contribution in [3.63, 3.8) is 0 Å². The van der Waals surface area contributed by atoms with Gasteiger partial charge in [-0.1, -0.05) is 66.5 Å². The molecule has 124 valence electrons. The van der Waals surface area contributed by atoms with Gasteiger partial charge in [0.25, 0.3) is 0 Å². The summed E-state index contributed by atoms with van der Waals surface area (Å²) in [6, 6.07) is 14.9. The van der Waals surface area contributed by atoms with E-state index in [-0.39, 0.29) is 5.75 Å². The van der Waals surface area contributed by atoms with Crippen LogP contribution in [0.2, 0.25) is 10.0 Å². The third-order valence-corrected chi connectivity index (χ3v) is 5.70. The minimum atomic E-state index is -3.39. The number of hydrogen-bond donors (Lipinski definition) is 1. The predicted molar refractivity (Wildman–Crippen MR) is 96.6 cm³/mol. The molecule has 0 saturated carbocycles. The van der Waals surface area contributed by atoms with Crippen molar-refractivity contribution in [2.45, 2.75) is 25.0 Å². The van der Waals surface area contributed by atoms with Crippen LogP contribution in [0.3, 0.4) is 0 Å². The topological polar surface area (TPSA) is 46.2 Å². The van der Waals surface area contributed by atoms with Crippen molar-refractivity contribution in [1.82, 2.24) is 4.72 Å². The van der Waals surface area contributed by atoms with Gasteiger partial charge in [-0.15, -0.1) is 0 Å². The lowest BCUT2D eigenvalue weighted by Crippen LogP contribution is -2.27. The quantitative estimate of drug-likeness (QED) is 0.772. The number of halogens is 2. The lowest BCUT2D eigenvalue weighted by molar-refractivity contribution is 0.572. The fraction of sp³-hybridized carbons (Fsp3) is 0.294. The maximum atomic E-state index is 12.1. The molecule has 0 bridgehead atoms. The minimum absolute atomic E-state index is 0.108. The third-order valence-electron chi connectivity index (χ3n) is 3.61. The average molecular weight is 372 g/mol. The fourth-order valence-electron chi connectivity index (χ4n) is 2.28. The molecule has 0 fully saturated rings. The normalized spacial score (nSPS) is 13.0. The summed E-state index contributed by atoms with van der Waals surface area (Å²) >= 11 is 11.7. The highest BCUT2D eigenvalue weighted by Crippen LogP contribution is 2.23. The number of rotatable bonds is 7. The maximum Gasteiger partial charge on any atom is 0.215 e. The SMILES string of the molecule is CC(CCNS(=O)(=O)Cc1ccc(Cl)c(Cl)c1)c1ccccc1. The molecule has 0 aliphatic heterocycles. The molecule has 0 aromatic heterocycles. The molecule has 2 rings (SSSR count). The van der Waals surface area contributed by atoms with E-state index in [1.165, 1.54) is 5.56 Å². The first kappa shape index (κ1) is 18.3. The van der Waals surface area contributed by atoms with Crippen LogP contribution in [-0.4, -0.2) is 15.0 Å². The monoisotopic (exact) mass is 371 g/mol. The first-order valence-electron chi connectivity index (χ1n) is 7.33. The van der Waals surface area contributed by atoms with E-state index in [2.05, 4.69) is 23.8 Å². The smallest absolute Gasteiger partial charge is 0.215 e. The van der Waals surface area contributed by atoms with Crippen molar-refractivity contribution in [2.24, 2.45) is 0 Å². The highest BCUT2D eigenvalue weighted by atomic mass is 35.5. The largest absolute Gasteiger partial charge is 0.215 e. The van der Waals surface area contributed by atoms with Gasteiger partial charge in [-0.05, 0) is 35.6 Å². The summed E-state index contributed by atoms with van der Waals surface area (Å²) in [5.74, 6) is 0.188. The van der Waals surface area contributed by atoms with Crippen LogP contribution in [0.25, 0.3) is 0 Å². The van der Waals surface area contributed by atoms with E-state index in [1.54, 1.807) is 18.2 Å². The molecule has 1 unspecified atom stereocenters. The van der Waals surface area contributed by atoms with E-state index in [1.807, 2.05) is 18.2 Å². The molecule has 0 aliphatic carbocycles. The summed E-state index contributed by atoms with van der Waals surface area (Å²) < 4.78 is 26.9. The van der Waals surface area contributed by atoms with E-state index >= 15 is 0 Å². The van der Waals surface area contributed by atoms with E-state index in [0.29, 0.717) is 28.1 Å². The van der Waals surface area contributed by atoms with Gasteiger partial charge in [-0.3, -0.25) is 0 Å². The number of benzene rings is 2. The van der Waals surface area contributed by atoms with Crippen molar-refractivity contribution < 1.29 is 8.42 Å². The lowest BCUT2D eigenvalue weighted by atomic mass is 9.98. The van der Waals surface area contributed by atoms with E-state index in [9.17, 15) is 8.42 Å². The molecular formula is C17H19Cl2NO2S. The average Bonchev–Trinajstić information content (AvgIpc) is 2.51. The maximum absolute atomic E-state index is 12.1. The highest BCUT2D eigenvalue weighted by molar-refractivity contribution is 7.88. The van der Waals surface area contributed by atoms with Gasteiger partial charge in [0.1, 0.15) is 0 Å². The molecule has 23 heavy (non-hydrogen) atoms. The second kappa shape index (κ2) is 8.15. The van der Waals surface area contributed by atoms with Gasteiger partial charge in [-0.2, -0.15) is 0 Å². The Morgan fingerprint density at radius 1 is 1.04 bits per heavy atom. The molecule has 0 heterocycles. The predicted octanol–water partition coefficient (Wildman–Crippen LogP) is 4.61. The summed E-state index contributed by atoms with van der Waals surface area (Å²) in [6.07, 6.45) is 0.741.